The van der Waals surface area contributed by atoms with Crippen LogP contribution in [0.15, 0.2) is 40.8 Å². The summed E-state index contributed by atoms with van der Waals surface area (Å²) in [6.45, 7) is 4.04. The molecule has 4 rings (SSSR count). The van der Waals surface area contributed by atoms with Crippen LogP contribution in [-0.2, 0) is 24.3 Å². The molecule has 3 aromatic rings. The minimum Gasteiger partial charge on any atom is -0.486 e. The number of aryl methyl sites for hydroxylation is 1. The first-order chi connectivity index (χ1) is 13.7. The summed E-state index contributed by atoms with van der Waals surface area (Å²) in [5, 5.41) is 7.20. The predicted octanol–water partition coefficient (Wildman–Crippen LogP) is 4.91. The van der Waals surface area contributed by atoms with Gasteiger partial charge in [-0.3, -0.25) is 9.67 Å². The summed E-state index contributed by atoms with van der Waals surface area (Å²) in [4.78, 5) is 0. The number of rotatable bonds is 8. The first-order valence-corrected chi connectivity index (χ1v) is 10.2. The van der Waals surface area contributed by atoms with E-state index in [-0.39, 0.29) is 6.10 Å². The molecule has 1 N–H and O–H groups in total. The van der Waals surface area contributed by atoms with Gasteiger partial charge in [0, 0.05) is 6.61 Å². The number of furan rings is 1. The lowest BCUT2D eigenvalue weighted by atomic mass is 10.1. The molecule has 1 atom stereocenters. The molecule has 0 spiro atoms. The topological polar surface area (TPSA) is 65.2 Å². The van der Waals surface area contributed by atoms with Gasteiger partial charge in [-0.25, -0.2) is 0 Å². The highest BCUT2D eigenvalue weighted by Gasteiger charge is 2.20. The minimum atomic E-state index is 0.177. The lowest BCUT2D eigenvalue weighted by Gasteiger charge is -2.11. The van der Waals surface area contributed by atoms with Gasteiger partial charge in [0.25, 0.3) is 0 Å². The van der Waals surface area contributed by atoms with Crippen molar-refractivity contribution >= 4 is 12.2 Å². The maximum atomic E-state index is 5.96. The Kier molecular flexibility index (Phi) is 5.92. The molecule has 148 valence electrons. The van der Waals surface area contributed by atoms with Gasteiger partial charge in [-0.1, -0.05) is 25.5 Å². The molecule has 0 radical (unpaired) electrons. The van der Waals surface area contributed by atoms with Crippen molar-refractivity contribution in [2.24, 2.45) is 0 Å². The average Bonchev–Trinajstić information content (AvgIpc) is 3.45. The van der Waals surface area contributed by atoms with E-state index in [1.54, 1.807) is 0 Å². The molecule has 7 heteroatoms. The third-order valence-corrected chi connectivity index (χ3v) is 5.21. The van der Waals surface area contributed by atoms with Gasteiger partial charge in [0.1, 0.15) is 18.1 Å². The van der Waals surface area contributed by atoms with Crippen LogP contribution in [0.25, 0.3) is 11.6 Å². The van der Waals surface area contributed by atoms with Crippen LogP contribution >= 0.6 is 12.2 Å². The zero-order valence-electron chi connectivity index (χ0n) is 16.0. The number of benzene rings is 1. The molecule has 0 unspecified atom stereocenters. The fraction of sp³-hybridized carbons (Fsp3) is 0.429. The van der Waals surface area contributed by atoms with Crippen molar-refractivity contribution < 1.29 is 13.9 Å². The Labute approximate surface area is 169 Å². The summed E-state index contributed by atoms with van der Waals surface area (Å²) in [6.07, 6.45) is 4.54. The van der Waals surface area contributed by atoms with Crippen LogP contribution in [0.1, 0.15) is 37.5 Å². The molecule has 1 fully saturated rings. The minimum absolute atomic E-state index is 0.177. The lowest BCUT2D eigenvalue weighted by Crippen LogP contribution is -2.15. The smallest absolute Gasteiger partial charge is 0.198 e. The first kappa shape index (κ1) is 19.0. The highest BCUT2D eigenvalue weighted by molar-refractivity contribution is 7.71. The lowest BCUT2D eigenvalue weighted by molar-refractivity contribution is 0.0969. The number of nitrogens with zero attached hydrogens (tertiary/aromatic N) is 2. The van der Waals surface area contributed by atoms with Gasteiger partial charge in [-0.05, 0) is 61.3 Å². The maximum Gasteiger partial charge on any atom is 0.198 e. The molecule has 6 nitrogen and oxygen atoms in total. The number of H-pyrrole nitrogens is 1. The highest BCUT2D eigenvalue weighted by Crippen LogP contribution is 2.24. The molecule has 2 aromatic heterocycles. The standard InChI is InChI=1S/C21H25N3O3S/c1-2-4-15-6-8-16(9-7-15)26-14-18-10-11-19(27-18)20-22-23-21(28)24(20)13-17-5-3-12-25-17/h6-11,17H,2-5,12-14H2,1H3,(H,23,28)/t17-/m0/s1. The largest absolute Gasteiger partial charge is 0.486 e. The normalized spacial score (nSPS) is 16.5. The van der Waals surface area contributed by atoms with Crippen molar-refractivity contribution in [1.29, 1.82) is 0 Å². The van der Waals surface area contributed by atoms with E-state index < -0.39 is 0 Å². The summed E-state index contributed by atoms with van der Waals surface area (Å²) in [5.74, 6) is 2.93. The number of hydrogen-bond donors (Lipinski definition) is 1. The second-order valence-electron chi connectivity index (χ2n) is 7.05. The Hall–Kier alpha value is -2.38. The zero-order valence-corrected chi connectivity index (χ0v) is 16.8. The fourth-order valence-electron chi connectivity index (χ4n) is 3.44. The molecule has 3 heterocycles. The Morgan fingerprint density at radius 1 is 1.25 bits per heavy atom. The molecular weight excluding hydrogens is 374 g/mol. The first-order valence-electron chi connectivity index (χ1n) is 9.80. The molecule has 0 amide bonds. The molecule has 1 aliphatic rings. The van der Waals surface area contributed by atoms with Gasteiger partial charge in [0.15, 0.2) is 16.4 Å². The summed E-state index contributed by atoms with van der Waals surface area (Å²) >= 11 is 5.38. The van der Waals surface area contributed by atoms with Crippen LogP contribution in [0.5, 0.6) is 5.75 Å². The van der Waals surface area contributed by atoms with Crippen LogP contribution in [0.2, 0.25) is 0 Å². The molecule has 1 saturated heterocycles. The van der Waals surface area contributed by atoms with Crippen molar-refractivity contribution in [2.45, 2.75) is 51.9 Å². The number of aromatic nitrogens is 3. The third kappa shape index (κ3) is 4.36. The van der Waals surface area contributed by atoms with Gasteiger partial charge in [0.05, 0.1) is 12.6 Å². The van der Waals surface area contributed by atoms with E-state index in [0.717, 1.165) is 43.8 Å². The quantitative estimate of drug-likeness (QED) is 0.545. The summed E-state index contributed by atoms with van der Waals surface area (Å²) in [7, 11) is 0. The number of nitrogens with one attached hydrogen (secondary N) is 1. The van der Waals surface area contributed by atoms with Crippen LogP contribution < -0.4 is 4.74 Å². The van der Waals surface area contributed by atoms with Gasteiger partial charge in [-0.15, -0.1) is 0 Å². The van der Waals surface area contributed by atoms with Crippen molar-refractivity contribution in [2.75, 3.05) is 6.61 Å². The predicted molar refractivity (Wildman–Crippen MR) is 109 cm³/mol. The summed E-state index contributed by atoms with van der Waals surface area (Å²) < 4.78 is 20.1. The molecular formula is C21H25N3O3S. The fourth-order valence-corrected chi connectivity index (χ4v) is 3.64. The molecule has 0 aliphatic carbocycles. The highest BCUT2D eigenvalue weighted by atomic mass is 32.1. The average molecular weight is 400 g/mol. The van der Waals surface area contributed by atoms with E-state index in [9.17, 15) is 0 Å². The molecule has 1 aliphatic heterocycles. The van der Waals surface area contributed by atoms with Crippen molar-refractivity contribution in [3.63, 3.8) is 0 Å². The second kappa shape index (κ2) is 8.75. The van der Waals surface area contributed by atoms with Gasteiger partial charge >= 0.3 is 0 Å². The summed E-state index contributed by atoms with van der Waals surface area (Å²) in [5.41, 5.74) is 1.32. The van der Waals surface area contributed by atoms with Crippen LogP contribution in [0.3, 0.4) is 0 Å². The van der Waals surface area contributed by atoms with E-state index in [0.29, 0.717) is 29.5 Å². The number of ether oxygens (including phenoxy) is 2. The molecule has 0 saturated carbocycles. The molecule has 1 aromatic carbocycles. The summed E-state index contributed by atoms with van der Waals surface area (Å²) in [6, 6.07) is 12.0. The van der Waals surface area contributed by atoms with Crippen molar-refractivity contribution in [3.8, 4) is 17.3 Å². The molecule has 28 heavy (non-hydrogen) atoms. The van der Waals surface area contributed by atoms with E-state index >= 15 is 0 Å². The van der Waals surface area contributed by atoms with Crippen LogP contribution in [0, 0.1) is 4.77 Å². The van der Waals surface area contributed by atoms with Gasteiger partial charge < -0.3 is 13.9 Å². The Morgan fingerprint density at radius 2 is 2.11 bits per heavy atom. The van der Waals surface area contributed by atoms with Gasteiger partial charge in [0.2, 0.25) is 0 Å². The van der Waals surface area contributed by atoms with E-state index in [1.165, 1.54) is 5.56 Å². The Morgan fingerprint density at radius 3 is 2.86 bits per heavy atom. The zero-order chi connectivity index (χ0) is 19.3. The van der Waals surface area contributed by atoms with E-state index in [1.807, 2.05) is 28.8 Å². The van der Waals surface area contributed by atoms with E-state index in [4.69, 9.17) is 26.1 Å². The van der Waals surface area contributed by atoms with Crippen LogP contribution in [-0.4, -0.2) is 27.5 Å². The Balaban J connectivity index is 1.42. The van der Waals surface area contributed by atoms with Crippen molar-refractivity contribution in [3.05, 3.63) is 52.5 Å². The van der Waals surface area contributed by atoms with Crippen LogP contribution in [0.4, 0.5) is 0 Å². The molecule has 0 bridgehead atoms. The van der Waals surface area contributed by atoms with Gasteiger partial charge in [-0.2, -0.15) is 5.10 Å². The SMILES string of the molecule is CCCc1ccc(OCc2ccc(-c3n[nH]c(=S)n3C[C@@H]3CCCO3)o2)cc1. The number of aromatic amines is 1. The maximum absolute atomic E-state index is 5.96. The van der Waals surface area contributed by atoms with E-state index in [2.05, 4.69) is 29.3 Å². The van der Waals surface area contributed by atoms with Crippen molar-refractivity contribution in [1.82, 2.24) is 14.8 Å². The monoisotopic (exact) mass is 399 g/mol. The second-order valence-corrected chi connectivity index (χ2v) is 7.43. The Bertz CT molecular complexity index is 952. The third-order valence-electron chi connectivity index (χ3n) is 4.89. The number of hydrogen-bond acceptors (Lipinski definition) is 5.